The van der Waals surface area contributed by atoms with Crippen LogP contribution < -0.4 is 11.1 Å². The van der Waals surface area contributed by atoms with Gasteiger partial charge < -0.3 is 16.2 Å². The highest BCUT2D eigenvalue weighted by Gasteiger charge is 2.27. The Hall–Kier alpha value is -1.88. The molecule has 0 unspecified atom stereocenters. The van der Waals surface area contributed by atoms with Gasteiger partial charge in [0.25, 0.3) is 0 Å². The molecule has 2 aromatic carbocycles. The van der Waals surface area contributed by atoms with Crippen LogP contribution in [0.2, 0.25) is 0 Å². The van der Waals surface area contributed by atoms with Gasteiger partial charge in [-0.25, -0.2) is 0 Å². The summed E-state index contributed by atoms with van der Waals surface area (Å²) in [6.45, 7) is 6.19. The van der Waals surface area contributed by atoms with Crippen molar-refractivity contribution in [2.75, 3.05) is 31.5 Å². The molecule has 0 aromatic heterocycles. The quantitative estimate of drug-likeness (QED) is 0.185. The van der Waals surface area contributed by atoms with Gasteiger partial charge in [-0.05, 0) is 87.8 Å². The molecule has 2 aromatic rings. The summed E-state index contributed by atoms with van der Waals surface area (Å²) in [5, 5.41) is 14.6. The molecule has 0 aliphatic carbocycles. The predicted octanol–water partition coefficient (Wildman–Crippen LogP) is 7.33. The number of benzene rings is 2. The summed E-state index contributed by atoms with van der Waals surface area (Å²) >= 11 is 0. The highest BCUT2D eigenvalue weighted by Crippen LogP contribution is 2.28. The first-order valence-electron chi connectivity index (χ1n) is 15.2. The summed E-state index contributed by atoms with van der Waals surface area (Å²) in [4.78, 5) is 2.47. The minimum Gasteiger partial charge on any atom is -0.387 e. The number of unbranched alkanes of at least 4 members (excludes halogenated alkanes) is 9. The molecule has 1 heterocycles. The van der Waals surface area contributed by atoms with Gasteiger partial charge in [0.2, 0.25) is 0 Å². The van der Waals surface area contributed by atoms with Crippen molar-refractivity contribution in [2.24, 2.45) is 11.7 Å². The van der Waals surface area contributed by atoms with Crippen molar-refractivity contribution in [1.29, 1.82) is 0 Å². The van der Waals surface area contributed by atoms with Crippen LogP contribution in [0.1, 0.15) is 101 Å². The lowest BCUT2D eigenvalue weighted by Gasteiger charge is -2.38. The summed E-state index contributed by atoms with van der Waals surface area (Å²) in [6, 6.07) is 19.4. The average Bonchev–Trinajstić information content (AvgIpc) is 2.94. The zero-order valence-electron chi connectivity index (χ0n) is 23.4. The van der Waals surface area contributed by atoms with E-state index < -0.39 is 6.10 Å². The van der Waals surface area contributed by atoms with E-state index in [1.807, 2.05) is 0 Å². The molecule has 1 saturated heterocycles. The van der Waals surface area contributed by atoms with Crippen molar-refractivity contribution < 1.29 is 5.11 Å². The van der Waals surface area contributed by atoms with E-state index in [1.165, 1.54) is 89.0 Å². The van der Waals surface area contributed by atoms with Gasteiger partial charge in [-0.2, -0.15) is 0 Å². The first-order chi connectivity index (χ1) is 18.2. The van der Waals surface area contributed by atoms with E-state index in [0.29, 0.717) is 0 Å². The smallest absolute Gasteiger partial charge is 0.0942 e. The van der Waals surface area contributed by atoms with Gasteiger partial charge in [0.1, 0.15) is 0 Å². The van der Waals surface area contributed by atoms with Crippen molar-refractivity contribution in [1.82, 2.24) is 4.90 Å². The fourth-order valence-corrected chi connectivity index (χ4v) is 5.70. The van der Waals surface area contributed by atoms with Gasteiger partial charge >= 0.3 is 0 Å². The minimum atomic E-state index is -0.444. The Kier molecular flexibility index (Phi) is 14.1. The third-order valence-corrected chi connectivity index (χ3v) is 8.26. The second kappa shape index (κ2) is 17.6. The molecule has 4 N–H and O–H groups in total. The van der Waals surface area contributed by atoms with E-state index in [1.54, 1.807) is 0 Å². The maximum atomic E-state index is 11.1. The fourth-order valence-electron chi connectivity index (χ4n) is 5.70. The number of likely N-dealkylation sites (tertiary alicyclic amines) is 1. The number of rotatable bonds is 18. The molecule has 0 bridgehead atoms. The van der Waals surface area contributed by atoms with Crippen LogP contribution >= 0.6 is 0 Å². The number of aliphatic hydroxyl groups is 1. The molecule has 2 atom stereocenters. The average molecular weight is 508 g/mol. The number of nitrogens with two attached hydrogens (primary N) is 1. The summed E-state index contributed by atoms with van der Waals surface area (Å²) < 4.78 is 0. The molecule has 1 aliphatic heterocycles. The first kappa shape index (κ1) is 29.7. The number of anilines is 1. The number of hydrogen-bond donors (Lipinski definition) is 3. The third-order valence-electron chi connectivity index (χ3n) is 8.26. The molecule has 0 amide bonds. The normalized spacial score (nSPS) is 16.5. The first-order valence-corrected chi connectivity index (χ1v) is 15.2. The second-order valence-electron chi connectivity index (χ2n) is 11.2. The Morgan fingerprint density at radius 1 is 0.811 bits per heavy atom. The number of nitrogens with one attached hydrogen (secondary N) is 1. The molecule has 1 aliphatic rings. The van der Waals surface area contributed by atoms with Gasteiger partial charge in [-0.1, -0.05) is 93.8 Å². The lowest BCUT2D eigenvalue weighted by Crippen LogP contribution is -2.43. The van der Waals surface area contributed by atoms with Crippen molar-refractivity contribution in [2.45, 2.75) is 103 Å². The summed E-state index contributed by atoms with van der Waals surface area (Å²) in [6.07, 6.45) is 16.4. The third kappa shape index (κ3) is 11.2. The van der Waals surface area contributed by atoms with E-state index in [4.69, 9.17) is 5.73 Å². The lowest BCUT2D eigenvalue weighted by molar-refractivity contribution is 0.0373. The van der Waals surface area contributed by atoms with Crippen LogP contribution in [-0.4, -0.2) is 42.2 Å². The zero-order chi connectivity index (χ0) is 26.1. The topological polar surface area (TPSA) is 61.5 Å². The Morgan fingerprint density at radius 3 is 1.97 bits per heavy atom. The number of piperidine rings is 1. The molecule has 206 valence electrons. The van der Waals surface area contributed by atoms with E-state index in [-0.39, 0.29) is 6.04 Å². The predicted molar refractivity (Wildman–Crippen MR) is 159 cm³/mol. The monoisotopic (exact) mass is 507 g/mol. The fraction of sp³-hybridized carbons (Fsp3) is 0.636. The van der Waals surface area contributed by atoms with E-state index >= 15 is 0 Å². The van der Waals surface area contributed by atoms with Crippen molar-refractivity contribution in [3.8, 4) is 0 Å². The Labute approximate surface area is 227 Å². The molecule has 4 nitrogen and oxygen atoms in total. The SMILES string of the molecule is C[C@H]([C@@H](O)c1ccc(NCCCCCCCCCCCCN)cc1)N1CCC(Cc2ccccc2)CC1. The molecule has 37 heavy (non-hydrogen) atoms. The number of nitrogens with zero attached hydrogens (tertiary/aromatic N) is 1. The van der Waals surface area contributed by atoms with Crippen molar-refractivity contribution >= 4 is 5.69 Å². The van der Waals surface area contributed by atoms with Crippen LogP contribution in [0.25, 0.3) is 0 Å². The Balaban J connectivity index is 1.26. The minimum absolute atomic E-state index is 0.141. The van der Waals surface area contributed by atoms with Crippen LogP contribution in [-0.2, 0) is 6.42 Å². The number of hydrogen-bond acceptors (Lipinski definition) is 4. The Bertz CT molecular complexity index is 817. The van der Waals surface area contributed by atoms with Crippen LogP contribution in [0.3, 0.4) is 0 Å². The van der Waals surface area contributed by atoms with Gasteiger partial charge in [0.15, 0.2) is 0 Å². The largest absolute Gasteiger partial charge is 0.387 e. The molecule has 0 saturated carbocycles. The maximum absolute atomic E-state index is 11.1. The van der Waals surface area contributed by atoms with Crippen molar-refractivity contribution in [3.05, 3.63) is 65.7 Å². The molecule has 0 spiro atoms. The highest BCUT2D eigenvalue weighted by atomic mass is 16.3. The standard InChI is InChI=1S/C33H53N3O/c1-28(36-25-21-30(22-26-36)27-29-15-11-10-12-16-29)33(37)31-17-19-32(20-18-31)35-24-14-9-7-5-3-2-4-6-8-13-23-34/h10-12,15-20,28,30,33,35,37H,2-9,13-14,21-27,34H2,1H3/t28-,33-/m1/s1. The van der Waals surface area contributed by atoms with Crippen LogP contribution in [0, 0.1) is 5.92 Å². The van der Waals surface area contributed by atoms with Crippen LogP contribution in [0.5, 0.6) is 0 Å². The van der Waals surface area contributed by atoms with E-state index in [2.05, 4.69) is 71.7 Å². The molecule has 1 fully saturated rings. The van der Waals surface area contributed by atoms with Gasteiger partial charge in [-0.15, -0.1) is 0 Å². The molecule has 0 radical (unpaired) electrons. The summed E-state index contributed by atoms with van der Waals surface area (Å²) in [5.41, 5.74) is 9.17. The van der Waals surface area contributed by atoms with Gasteiger partial charge in [0.05, 0.1) is 6.10 Å². The van der Waals surface area contributed by atoms with Crippen LogP contribution in [0.15, 0.2) is 54.6 Å². The van der Waals surface area contributed by atoms with Gasteiger partial charge in [-0.3, -0.25) is 4.90 Å². The van der Waals surface area contributed by atoms with E-state index in [0.717, 1.165) is 43.3 Å². The van der Waals surface area contributed by atoms with E-state index in [9.17, 15) is 5.11 Å². The molecule has 4 heteroatoms. The zero-order valence-corrected chi connectivity index (χ0v) is 23.4. The summed E-state index contributed by atoms with van der Waals surface area (Å²) in [5.74, 6) is 0.755. The molecule has 3 rings (SSSR count). The second-order valence-corrected chi connectivity index (χ2v) is 11.2. The van der Waals surface area contributed by atoms with Gasteiger partial charge in [0, 0.05) is 18.3 Å². The summed E-state index contributed by atoms with van der Waals surface area (Å²) in [7, 11) is 0. The molecular formula is C33H53N3O. The van der Waals surface area contributed by atoms with Crippen molar-refractivity contribution in [3.63, 3.8) is 0 Å². The lowest BCUT2D eigenvalue weighted by atomic mass is 9.89. The highest BCUT2D eigenvalue weighted by molar-refractivity contribution is 5.45. The van der Waals surface area contributed by atoms with Crippen LogP contribution in [0.4, 0.5) is 5.69 Å². The number of aliphatic hydroxyl groups excluding tert-OH is 1. The maximum Gasteiger partial charge on any atom is 0.0942 e. The molecular weight excluding hydrogens is 454 g/mol. The Morgan fingerprint density at radius 2 is 1.38 bits per heavy atom.